The zero-order valence-electron chi connectivity index (χ0n) is 8.49. The Balaban J connectivity index is 2.11. The van der Waals surface area contributed by atoms with Gasteiger partial charge in [-0.2, -0.15) is 0 Å². The molecule has 0 aliphatic carbocycles. The van der Waals surface area contributed by atoms with Gasteiger partial charge in [0.15, 0.2) is 0 Å². The number of hydrogen-bond donors (Lipinski definition) is 0. The summed E-state index contributed by atoms with van der Waals surface area (Å²) in [6, 6.07) is 14.9. The first-order valence-electron chi connectivity index (χ1n) is 4.86. The highest BCUT2D eigenvalue weighted by Gasteiger charge is 1.97. The number of rotatable bonds is 3. The van der Waals surface area contributed by atoms with E-state index >= 15 is 0 Å². The third kappa shape index (κ3) is 2.91. The molecule has 1 nitrogen and oxygen atoms in total. The maximum Gasteiger partial charge on any atom is 0.127 e. The Morgan fingerprint density at radius 1 is 0.812 bits per heavy atom. The molecule has 0 heterocycles. The summed E-state index contributed by atoms with van der Waals surface area (Å²) in [6.45, 7) is 0. The second-order valence-corrected chi connectivity index (χ2v) is 4.04. The number of benzene rings is 2. The van der Waals surface area contributed by atoms with E-state index in [2.05, 4.69) is 0 Å². The van der Waals surface area contributed by atoms with E-state index in [0.717, 1.165) is 17.1 Å². The second-order valence-electron chi connectivity index (χ2n) is 3.33. The molecule has 3 heteroatoms. The molecule has 0 N–H and O–H groups in total. The van der Waals surface area contributed by atoms with Gasteiger partial charge in [-0.05, 0) is 42.0 Å². The molecular formula is C13H10Cl2O. The fourth-order valence-electron chi connectivity index (χ4n) is 1.29. The van der Waals surface area contributed by atoms with Crippen molar-refractivity contribution in [3.63, 3.8) is 0 Å². The third-order valence-corrected chi connectivity index (χ3v) is 2.69. The normalized spacial score (nSPS) is 10.1. The minimum atomic E-state index is 0.515. The number of ether oxygens (including phenoxy) is 1. The van der Waals surface area contributed by atoms with E-state index in [-0.39, 0.29) is 0 Å². The van der Waals surface area contributed by atoms with Gasteiger partial charge in [0.25, 0.3) is 0 Å². The third-order valence-electron chi connectivity index (χ3n) is 2.13. The first-order chi connectivity index (χ1) is 7.78. The number of alkyl halides is 1. The molecule has 2 aromatic rings. The van der Waals surface area contributed by atoms with Crippen LogP contribution in [0.5, 0.6) is 11.5 Å². The molecular weight excluding hydrogens is 243 g/mol. The molecule has 0 saturated carbocycles. The van der Waals surface area contributed by atoms with Crippen LogP contribution < -0.4 is 4.74 Å². The Bertz CT molecular complexity index is 448. The van der Waals surface area contributed by atoms with E-state index in [4.69, 9.17) is 27.9 Å². The lowest BCUT2D eigenvalue weighted by atomic mass is 10.2. The van der Waals surface area contributed by atoms with Crippen LogP contribution in [0.15, 0.2) is 48.5 Å². The van der Waals surface area contributed by atoms with Crippen LogP contribution in [-0.2, 0) is 5.88 Å². The predicted octanol–water partition coefficient (Wildman–Crippen LogP) is 4.87. The van der Waals surface area contributed by atoms with Crippen molar-refractivity contribution >= 4 is 23.2 Å². The summed E-state index contributed by atoms with van der Waals surface area (Å²) in [6.07, 6.45) is 0. The van der Waals surface area contributed by atoms with Crippen LogP contribution in [0.3, 0.4) is 0 Å². The molecule has 0 radical (unpaired) electrons. The molecule has 0 unspecified atom stereocenters. The molecule has 0 aromatic heterocycles. The predicted molar refractivity (Wildman–Crippen MR) is 67.5 cm³/mol. The molecule has 0 aliphatic heterocycles. The van der Waals surface area contributed by atoms with Crippen LogP contribution in [0, 0.1) is 0 Å². The van der Waals surface area contributed by atoms with Gasteiger partial charge in [0.05, 0.1) is 0 Å². The van der Waals surface area contributed by atoms with Crippen LogP contribution in [0.2, 0.25) is 5.02 Å². The molecule has 0 amide bonds. The highest BCUT2D eigenvalue weighted by molar-refractivity contribution is 6.30. The van der Waals surface area contributed by atoms with Crippen molar-refractivity contribution in [1.82, 2.24) is 0 Å². The van der Waals surface area contributed by atoms with Crippen molar-refractivity contribution in [1.29, 1.82) is 0 Å². The molecule has 0 aliphatic rings. The standard InChI is InChI=1S/C13H10Cl2O/c14-9-10-1-5-12(6-2-10)16-13-7-3-11(15)4-8-13/h1-8H,9H2. The molecule has 0 atom stereocenters. The lowest BCUT2D eigenvalue weighted by Crippen LogP contribution is -1.84. The Hall–Kier alpha value is -1.18. The Labute approximate surface area is 105 Å². The average molecular weight is 253 g/mol. The van der Waals surface area contributed by atoms with Gasteiger partial charge < -0.3 is 4.74 Å². The van der Waals surface area contributed by atoms with E-state index in [1.807, 2.05) is 36.4 Å². The first kappa shape index (κ1) is 11.3. The molecule has 0 fully saturated rings. The zero-order valence-corrected chi connectivity index (χ0v) is 10.0. The van der Waals surface area contributed by atoms with Crippen LogP contribution in [0.25, 0.3) is 0 Å². The van der Waals surface area contributed by atoms with Gasteiger partial charge in [-0.3, -0.25) is 0 Å². The number of halogens is 2. The Morgan fingerprint density at radius 3 is 1.81 bits per heavy atom. The van der Waals surface area contributed by atoms with Crippen molar-refractivity contribution in [3.05, 3.63) is 59.1 Å². The van der Waals surface area contributed by atoms with Gasteiger partial charge >= 0.3 is 0 Å². The summed E-state index contributed by atoms with van der Waals surface area (Å²) in [4.78, 5) is 0. The average Bonchev–Trinajstić information content (AvgIpc) is 2.33. The second kappa shape index (κ2) is 5.24. The molecule has 2 rings (SSSR count). The first-order valence-corrected chi connectivity index (χ1v) is 5.77. The van der Waals surface area contributed by atoms with Crippen LogP contribution in [0.4, 0.5) is 0 Å². The van der Waals surface area contributed by atoms with Gasteiger partial charge in [-0.1, -0.05) is 23.7 Å². The van der Waals surface area contributed by atoms with Gasteiger partial charge in [-0.15, -0.1) is 11.6 Å². The smallest absolute Gasteiger partial charge is 0.127 e. The molecule has 0 bridgehead atoms. The summed E-state index contributed by atoms with van der Waals surface area (Å²) < 4.78 is 5.63. The number of hydrogen-bond acceptors (Lipinski definition) is 1. The van der Waals surface area contributed by atoms with Crippen molar-refractivity contribution in [2.75, 3.05) is 0 Å². The van der Waals surface area contributed by atoms with Crippen molar-refractivity contribution in [3.8, 4) is 11.5 Å². The fraction of sp³-hybridized carbons (Fsp3) is 0.0769. The summed E-state index contributed by atoms with van der Waals surface area (Å²) in [5.41, 5.74) is 1.07. The van der Waals surface area contributed by atoms with Gasteiger partial charge in [0.1, 0.15) is 11.5 Å². The Kier molecular flexibility index (Phi) is 3.70. The van der Waals surface area contributed by atoms with Gasteiger partial charge in [-0.25, -0.2) is 0 Å². The molecule has 82 valence electrons. The van der Waals surface area contributed by atoms with Crippen molar-refractivity contribution < 1.29 is 4.74 Å². The van der Waals surface area contributed by atoms with Crippen LogP contribution in [-0.4, -0.2) is 0 Å². The summed E-state index contributed by atoms with van der Waals surface area (Å²) in [5, 5.41) is 0.699. The summed E-state index contributed by atoms with van der Waals surface area (Å²) >= 11 is 11.5. The van der Waals surface area contributed by atoms with E-state index in [1.165, 1.54) is 0 Å². The molecule has 0 spiro atoms. The monoisotopic (exact) mass is 252 g/mol. The maximum absolute atomic E-state index is 5.78. The van der Waals surface area contributed by atoms with E-state index < -0.39 is 0 Å². The lowest BCUT2D eigenvalue weighted by Gasteiger charge is -2.05. The van der Waals surface area contributed by atoms with Gasteiger partial charge in [0, 0.05) is 10.9 Å². The molecule has 0 saturated heterocycles. The minimum Gasteiger partial charge on any atom is -0.457 e. The summed E-state index contributed by atoms with van der Waals surface area (Å²) in [7, 11) is 0. The fourth-order valence-corrected chi connectivity index (χ4v) is 1.59. The lowest BCUT2D eigenvalue weighted by molar-refractivity contribution is 0.482. The van der Waals surface area contributed by atoms with E-state index in [0.29, 0.717) is 10.9 Å². The molecule has 16 heavy (non-hydrogen) atoms. The Morgan fingerprint density at radius 2 is 1.31 bits per heavy atom. The SMILES string of the molecule is ClCc1ccc(Oc2ccc(Cl)cc2)cc1. The summed E-state index contributed by atoms with van der Waals surface area (Å²) in [5.74, 6) is 2.07. The van der Waals surface area contributed by atoms with Crippen molar-refractivity contribution in [2.24, 2.45) is 0 Å². The molecule has 2 aromatic carbocycles. The van der Waals surface area contributed by atoms with Gasteiger partial charge in [0.2, 0.25) is 0 Å². The topological polar surface area (TPSA) is 9.23 Å². The largest absolute Gasteiger partial charge is 0.457 e. The van der Waals surface area contributed by atoms with Crippen molar-refractivity contribution in [2.45, 2.75) is 5.88 Å². The van der Waals surface area contributed by atoms with E-state index in [9.17, 15) is 0 Å². The van der Waals surface area contributed by atoms with E-state index in [1.54, 1.807) is 12.1 Å². The van der Waals surface area contributed by atoms with Crippen LogP contribution >= 0.6 is 23.2 Å². The van der Waals surface area contributed by atoms with Crippen LogP contribution in [0.1, 0.15) is 5.56 Å². The zero-order chi connectivity index (χ0) is 11.4. The quantitative estimate of drug-likeness (QED) is 0.709. The highest BCUT2D eigenvalue weighted by atomic mass is 35.5. The minimum absolute atomic E-state index is 0.515. The highest BCUT2D eigenvalue weighted by Crippen LogP contribution is 2.23. The maximum atomic E-state index is 5.78.